The number of hydrogen-bond acceptors (Lipinski definition) is 1. The molecule has 0 spiro atoms. The van der Waals surface area contributed by atoms with Gasteiger partial charge in [0.05, 0.1) is 0 Å². The van der Waals surface area contributed by atoms with Crippen molar-refractivity contribution in [3.05, 3.63) is 70.9 Å². The fourth-order valence-electron chi connectivity index (χ4n) is 2.41. The van der Waals surface area contributed by atoms with Crippen molar-refractivity contribution < 1.29 is 0 Å². The van der Waals surface area contributed by atoms with Crippen molar-refractivity contribution in [1.82, 2.24) is 10.3 Å². The number of rotatable bonds is 5. The van der Waals surface area contributed by atoms with Crippen LogP contribution in [0.3, 0.4) is 0 Å². The Morgan fingerprint density at radius 2 is 1.90 bits per heavy atom. The first-order valence-electron chi connectivity index (χ1n) is 6.83. The van der Waals surface area contributed by atoms with Gasteiger partial charge in [-0.15, -0.1) is 0 Å². The van der Waals surface area contributed by atoms with Crippen molar-refractivity contribution in [2.75, 3.05) is 6.54 Å². The molecule has 1 aromatic heterocycles. The van der Waals surface area contributed by atoms with E-state index in [0.717, 1.165) is 30.0 Å². The monoisotopic (exact) mass is 284 g/mol. The molecule has 0 amide bonds. The van der Waals surface area contributed by atoms with Gasteiger partial charge < -0.3 is 10.3 Å². The Hall–Kier alpha value is -1.77. The summed E-state index contributed by atoms with van der Waals surface area (Å²) in [5.41, 5.74) is 3.77. The Bertz CT molecular complexity index is 689. The molecule has 102 valence electrons. The Morgan fingerprint density at radius 1 is 1.05 bits per heavy atom. The molecule has 0 bridgehead atoms. The molecule has 3 heteroatoms. The molecule has 0 saturated heterocycles. The molecule has 2 aromatic carbocycles. The van der Waals surface area contributed by atoms with Gasteiger partial charge in [-0.05, 0) is 42.3 Å². The van der Waals surface area contributed by atoms with Gasteiger partial charge in [0.1, 0.15) is 0 Å². The van der Waals surface area contributed by atoms with Crippen LogP contribution in [0.25, 0.3) is 10.9 Å². The number of fused-ring (bicyclic) bond motifs is 1. The molecule has 0 atom stereocenters. The second kappa shape index (κ2) is 6.12. The first-order chi connectivity index (χ1) is 9.83. The third-order valence-electron chi connectivity index (χ3n) is 3.47. The molecule has 0 aliphatic carbocycles. The summed E-state index contributed by atoms with van der Waals surface area (Å²) in [6, 6.07) is 16.4. The number of halogens is 1. The van der Waals surface area contributed by atoms with E-state index >= 15 is 0 Å². The van der Waals surface area contributed by atoms with Gasteiger partial charge in [0, 0.05) is 28.7 Å². The van der Waals surface area contributed by atoms with E-state index in [9.17, 15) is 0 Å². The van der Waals surface area contributed by atoms with Crippen LogP contribution in [0.15, 0.2) is 54.7 Å². The summed E-state index contributed by atoms with van der Waals surface area (Å²) in [4.78, 5) is 3.29. The van der Waals surface area contributed by atoms with Crippen molar-refractivity contribution in [1.29, 1.82) is 0 Å². The topological polar surface area (TPSA) is 27.8 Å². The number of aromatic nitrogens is 1. The summed E-state index contributed by atoms with van der Waals surface area (Å²) in [7, 11) is 0. The van der Waals surface area contributed by atoms with E-state index in [4.69, 9.17) is 11.6 Å². The van der Waals surface area contributed by atoms with Crippen LogP contribution >= 0.6 is 11.6 Å². The van der Waals surface area contributed by atoms with Crippen LogP contribution in [-0.4, -0.2) is 11.5 Å². The quantitative estimate of drug-likeness (QED) is 0.677. The fraction of sp³-hybridized carbons (Fsp3) is 0.176. The molecule has 0 fully saturated rings. The van der Waals surface area contributed by atoms with E-state index in [1.165, 1.54) is 16.5 Å². The van der Waals surface area contributed by atoms with Gasteiger partial charge in [-0.3, -0.25) is 0 Å². The van der Waals surface area contributed by atoms with Crippen molar-refractivity contribution in [3.8, 4) is 0 Å². The lowest BCUT2D eigenvalue weighted by Gasteiger charge is -2.04. The minimum absolute atomic E-state index is 0.788. The first-order valence-corrected chi connectivity index (χ1v) is 7.21. The molecular weight excluding hydrogens is 268 g/mol. The molecule has 20 heavy (non-hydrogen) atoms. The zero-order chi connectivity index (χ0) is 13.8. The highest BCUT2D eigenvalue weighted by atomic mass is 35.5. The van der Waals surface area contributed by atoms with E-state index < -0.39 is 0 Å². The molecule has 0 unspecified atom stereocenters. The van der Waals surface area contributed by atoms with E-state index in [0.29, 0.717) is 0 Å². The summed E-state index contributed by atoms with van der Waals surface area (Å²) in [6.07, 6.45) is 3.07. The molecule has 0 radical (unpaired) electrons. The molecule has 0 aliphatic heterocycles. The Morgan fingerprint density at radius 3 is 2.75 bits per heavy atom. The van der Waals surface area contributed by atoms with Crippen LogP contribution in [0.5, 0.6) is 0 Å². The average molecular weight is 285 g/mol. The van der Waals surface area contributed by atoms with Gasteiger partial charge >= 0.3 is 0 Å². The molecule has 2 N–H and O–H groups in total. The zero-order valence-electron chi connectivity index (χ0n) is 11.2. The molecule has 3 rings (SSSR count). The molecule has 3 aromatic rings. The first kappa shape index (κ1) is 13.2. The summed E-state index contributed by atoms with van der Waals surface area (Å²) in [6.45, 7) is 1.86. The molecule has 0 saturated carbocycles. The van der Waals surface area contributed by atoms with Crippen molar-refractivity contribution in [3.63, 3.8) is 0 Å². The smallest absolute Gasteiger partial charge is 0.0457 e. The lowest BCUT2D eigenvalue weighted by Crippen LogP contribution is -2.16. The zero-order valence-corrected chi connectivity index (χ0v) is 12.0. The highest BCUT2D eigenvalue weighted by Gasteiger charge is 2.03. The van der Waals surface area contributed by atoms with E-state index in [1.807, 2.05) is 24.3 Å². The standard InChI is InChI=1S/C17H17ClN2/c18-15-6-7-17-16(10-15)14(12-20-17)8-9-19-11-13-4-2-1-3-5-13/h1-7,10,12,19-20H,8-9,11H2. The van der Waals surface area contributed by atoms with Gasteiger partial charge in [0.25, 0.3) is 0 Å². The summed E-state index contributed by atoms with van der Waals surface area (Å²) >= 11 is 6.06. The predicted octanol–water partition coefficient (Wildman–Crippen LogP) is 4.15. The van der Waals surface area contributed by atoms with E-state index in [1.54, 1.807) is 0 Å². The number of benzene rings is 2. The fourth-order valence-corrected chi connectivity index (χ4v) is 2.58. The highest BCUT2D eigenvalue weighted by molar-refractivity contribution is 6.31. The van der Waals surface area contributed by atoms with Crippen molar-refractivity contribution in [2.45, 2.75) is 13.0 Å². The minimum Gasteiger partial charge on any atom is -0.361 e. The van der Waals surface area contributed by atoms with Crippen LogP contribution in [0.1, 0.15) is 11.1 Å². The highest BCUT2D eigenvalue weighted by Crippen LogP contribution is 2.22. The van der Waals surface area contributed by atoms with Gasteiger partial charge in [-0.2, -0.15) is 0 Å². The second-order valence-corrected chi connectivity index (χ2v) is 5.35. The van der Waals surface area contributed by atoms with Crippen molar-refractivity contribution >= 4 is 22.5 Å². The van der Waals surface area contributed by atoms with Gasteiger partial charge in [-0.1, -0.05) is 41.9 Å². The lowest BCUT2D eigenvalue weighted by molar-refractivity contribution is 0.688. The SMILES string of the molecule is Clc1ccc2[nH]cc(CCNCc3ccccc3)c2c1. The lowest BCUT2D eigenvalue weighted by atomic mass is 10.1. The van der Waals surface area contributed by atoms with Crippen LogP contribution in [0, 0.1) is 0 Å². The van der Waals surface area contributed by atoms with E-state index in [-0.39, 0.29) is 0 Å². The number of nitrogens with one attached hydrogen (secondary N) is 2. The largest absolute Gasteiger partial charge is 0.361 e. The van der Waals surface area contributed by atoms with Gasteiger partial charge in [0.15, 0.2) is 0 Å². The summed E-state index contributed by atoms with van der Waals surface area (Å²) in [5.74, 6) is 0. The molecule has 1 heterocycles. The third kappa shape index (κ3) is 3.03. The maximum atomic E-state index is 6.06. The van der Waals surface area contributed by atoms with Gasteiger partial charge in [-0.25, -0.2) is 0 Å². The Kier molecular flexibility index (Phi) is 4.05. The minimum atomic E-state index is 0.788. The van der Waals surface area contributed by atoms with Crippen LogP contribution in [0.4, 0.5) is 0 Å². The maximum absolute atomic E-state index is 6.06. The van der Waals surface area contributed by atoms with Crippen LogP contribution in [-0.2, 0) is 13.0 Å². The normalized spacial score (nSPS) is 11.1. The van der Waals surface area contributed by atoms with Crippen LogP contribution < -0.4 is 5.32 Å². The summed E-state index contributed by atoms with van der Waals surface area (Å²) < 4.78 is 0. The predicted molar refractivity (Wildman–Crippen MR) is 85.2 cm³/mol. The third-order valence-corrected chi connectivity index (χ3v) is 3.71. The van der Waals surface area contributed by atoms with Gasteiger partial charge in [0.2, 0.25) is 0 Å². The number of H-pyrrole nitrogens is 1. The Balaban J connectivity index is 1.59. The second-order valence-electron chi connectivity index (χ2n) is 4.92. The van der Waals surface area contributed by atoms with E-state index in [2.05, 4.69) is 40.8 Å². The Labute approximate surface area is 123 Å². The number of aromatic amines is 1. The van der Waals surface area contributed by atoms with Crippen LogP contribution in [0.2, 0.25) is 5.02 Å². The molecule has 0 aliphatic rings. The number of hydrogen-bond donors (Lipinski definition) is 2. The average Bonchev–Trinajstić information content (AvgIpc) is 2.87. The maximum Gasteiger partial charge on any atom is 0.0457 e. The molecular formula is C17H17ClN2. The van der Waals surface area contributed by atoms with Crippen molar-refractivity contribution in [2.24, 2.45) is 0 Å². The molecule has 2 nitrogen and oxygen atoms in total. The summed E-state index contributed by atoms with van der Waals surface area (Å²) in [5, 5.41) is 5.48.